The van der Waals surface area contributed by atoms with E-state index in [2.05, 4.69) is 9.88 Å². The summed E-state index contributed by atoms with van der Waals surface area (Å²) >= 11 is 6.32. The van der Waals surface area contributed by atoms with Gasteiger partial charge < -0.3 is 14.6 Å². The summed E-state index contributed by atoms with van der Waals surface area (Å²) in [5, 5.41) is 3.69. The first-order valence-electron chi connectivity index (χ1n) is 8.31. The SMILES string of the molecule is O=C1NC(=S)SC1=Cc1cn(CCOc2ccc(F)cc2)c2ccccc12. The lowest BCUT2D eigenvalue weighted by atomic mass is 10.1. The number of ether oxygens (including phenoxy) is 1. The van der Waals surface area contributed by atoms with E-state index < -0.39 is 0 Å². The van der Waals surface area contributed by atoms with E-state index in [-0.39, 0.29) is 11.7 Å². The Labute approximate surface area is 165 Å². The highest BCUT2D eigenvalue weighted by Gasteiger charge is 2.22. The maximum Gasteiger partial charge on any atom is 0.263 e. The predicted octanol–water partition coefficient (Wildman–Crippen LogP) is 4.35. The van der Waals surface area contributed by atoms with Crippen molar-refractivity contribution in [3.8, 4) is 5.75 Å². The molecule has 0 bridgehead atoms. The summed E-state index contributed by atoms with van der Waals surface area (Å²) in [7, 11) is 0. The number of nitrogens with zero attached hydrogens (tertiary/aromatic N) is 1. The van der Waals surface area contributed by atoms with Gasteiger partial charge in [-0.15, -0.1) is 0 Å². The Hall–Kier alpha value is -2.64. The molecule has 136 valence electrons. The molecule has 1 aromatic heterocycles. The lowest BCUT2D eigenvalue weighted by molar-refractivity contribution is -0.115. The fourth-order valence-corrected chi connectivity index (χ4v) is 3.97. The van der Waals surface area contributed by atoms with Gasteiger partial charge in [0.2, 0.25) is 0 Å². The van der Waals surface area contributed by atoms with Crippen molar-refractivity contribution >= 4 is 51.2 Å². The third kappa shape index (κ3) is 3.89. The van der Waals surface area contributed by atoms with Crippen molar-refractivity contribution in [2.24, 2.45) is 0 Å². The van der Waals surface area contributed by atoms with Crippen LogP contribution in [0.15, 0.2) is 59.6 Å². The van der Waals surface area contributed by atoms with Gasteiger partial charge in [0.05, 0.1) is 11.4 Å². The maximum atomic E-state index is 13.0. The number of carbonyl (C=O) groups excluding carboxylic acids is 1. The third-order valence-electron chi connectivity index (χ3n) is 4.16. The van der Waals surface area contributed by atoms with Gasteiger partial charge >= 0.3 is 0 Å². The van der Waals surface area contributed by atoms with Crippen LogP contribution in [0.4, 0.5) is 4.39 Å². The number of hydrogen-bond donors (Lipinski definition) is 1. The molecule has 27 heavy (non-hydrogen) atoms. The Morgan fingerprint density at radius 3 is 2.70 bits per heavy atom. The van der Waals surface area contributed by atoms with Crippen LogP contribution in [0.3, 0.4) is 0 Å². The molecule has 0 unspecified atom stereocenters. The second-order valence-corrected chi connectivity index (χ2v) is 7.67. The Bertz CT molecular complexity index is 1060. The number of thioether (sulfide) groups is 1. The Kier molecular flexibility index (Phi) is 4.96. The van der Waals surface area contributed by atoms with E-state index in [4.69, 9.17) is 17.0 Å². The molecular weight excluding hydrogens is 383 g/mol. The average molecular weight is 398 g/mol. The molecule has 1 saturated heterocycles. The number of rotatable bonds is 5. The highest BCUT2D eigenvalue weighted by Crippen LogP contribution is 2.29. The van der Waals surface area contributed by atoms with Crippen LogP contribution < -0.4 is 10.1 Å². The quantitative estimate of drug-likeness (QED) is 0.513. The molecule has 4 nitrogen and oxygen atoms in total. The summed E-state index contributed by atoms with van der Waals surface area (Å²) in [6.07, 6.45) is 3.86. The highest BCUT2D eigenvalue weighted by atomic mass is 32.2. The van der Waals surface area contributed by atoms with Crippen molar-refractivity contribution in [1.29, 1.82) is 0 Å². The molecule has 0 radical (unpaired) electrons. The Balaban J connectivity index is 1.56. The predicted molar refractivity (Wildman–Crippen MR) is 110 cm³/mol. The molecule has 7 heteroatoms. The summed E-state index contributed by atoms with van der Waals surface area (Å²) in [5.41, 5.74) is 2.01. The van der Waals surface area contributed by atoms with E-state index >= 15 is 0 Å². The lowest BCUT2D eigenvalue weighted by Gasteiger charge is -2.08. The van der Waals surface area contributed by atoms with E-state index in [9.17, 15) is 9.18 Å². The Morgan fingerprint density at radius 1 is 1.19 bits per heavy atom. The fraction of sp³-hybridized carbons (Fsp3) is 0.100. The highest BCUT2D eigenvalue weighted by molar-refractivity contribution is 8.26. The van der Waals surface area contributed by atoms with Crippen LogP contribution >= 0.6 is 24.0 Å². The van der Waals surface area contributed by atoms with E-state index in [0.29, 0.717) is 28.1 Å². The van der Waals surface area contributed by atoms with Gasteiger partial charge in [0.1, 0.15) is 22.5 Å². The number of carbonyl (C=O) groups is 1. The molecule has 2 heterocycles. The second-order valence-electron chi connectivity index (χ2n) is 5.95. The molecule has 2 aromatic carbocycles. The number of amides is 1. The summed E-state index contributed by atoms with van der Waals surface area (Å²) in [5.74, 6) is 0.175. The van der Waals surface area contributed by atoms with Gasteiger partial charge in [0.15, 0.2) is 0 Å². The van der Waals surface area contributed by atoms with Crippen LogP contribution in [0.2, 0.25) is 0 Å². The molecule has 4 rings (SSSR count). The second kappa shape index (κ2) is 7.54. The maximum absolute atomic E-state index is 13.0. The molecule has 0 atom stereocenters. The number of para-hydroxylation sites is 1. The molecule has 1 aliphatic heterocycles. The largest absolute Gasteiger partial charge is 0.492 e. The topological polar surface area (TPSA) is 43.3 Å². The Morgan fingerprint density at radius 2 is 1.96 bits per heavy atom. The zero-order valence-corrected chi connectivity index (χ0v) is 15.8. The van der Waals surface area contributed by atoms with Crippen LogP contribution in [0.25, 0.3) is 17.0 Å². The number of hydrogen-bond acceptors (Lipinski definition) is 4. The van der Waals surface area contributed by atoms with Gasteiger partial charge in [0.25, 0.3) is 5.91 Å². The molecule has 0 aliphatic carbocycles. The van der Waals surface area contributed by atoms with E-state index in [1.54, 1.807) is 12.1 Å². The number of thiocarbonyl (C=S) groups is 1. The van der Waals surface area contributed by atoms with Crippen LogP contribution in [-0.4, -0.2) is 21.4 Å². The first-order valence-corrected chi connectivity index (χ1v) is 9.54. The fourth-order valence-electron chi connectivity index (χ4n) is 2.93. The molecule has 0 spiro atoms. The first-order chi connectivity index (χ1) is 13.1. The number of aromatic nitrogens is 1. The standard InChI is InChI=1S/C20H15FN2O2S2/c21-14-5-7-15(8-6-14)25-10-9-23-12-13(16-3-1-2-4-17(16)23)11-18-19(24)22-20(26)27-18/h1-8,11-12H,9-10H2,(H,22,24,26). The number of nitrogens with one attached hydrogen (secondary N) is 1. The number of halogens is 1. The van der Waals surface area contributed by atoms with Crippen LogP contribution in [0.1, 0.15) is 5.56 Å². The average Bonchev–Trinajstić information content (AvgIpc) is 3.17. The van der Waals surface area contributed by atoms with Crippen molar-refractivity contribution < 1.29 is 13.9 Å². The summed E-state index contributed by atoms with van der Waals surface area (Å²) in [6, 6.07) is 14.0. The van der Waals surface area contributed by atoms with E-state index in [1.807, 2.05) is 36.5 Å². The van der Waals surface area contributed by atoms with Gasteiger partial charge in [0, 0.05) is 22.7 Å². The zero-order valence-electron chi connectivity index (χ0n) is 14.1. The van der Waals surface area contributed by atoms with E-state index in [0.717, 1.165) is 16.5 Å². The molecule has 1 amide bonds. The molecule has 1 fully saturated rings. The molecule has 3 aromatic rings. The van der Waals surface area contributed by atoms with Gasteiger partial charge in [-0.3, -0.25) is 4.79 Å². The smallest absolute Gasteiger partial charge is 0.263 e. The van der Waals surface area contributed by atoms with Gasteiger partial charge in [-0.25, -0.2) is 4.39 Å². The molecule has 0 saturated carbocycles. The third-order valence-corrected chi connectivity index (χ3v) is 5.33. The minimum Gasteiger partial charge on any atom is -0.492 e. The first kappa shape index (κ1) is 17.8. The molecule has 1 N–H and O–H groups in total. The van der Waals surface area contributed by atoms with Crippen molar-refractivity contribution in [3.63, 3.8) is 0 Å². The van der Waals surface area contributed by atoms with Crippen LogP contribution in [0.5, 0.6) is 5.75 Å². The summed E-state index contributed by atoms with van der Waals surface area (Å²) in [4.78, 5) is 12.5. The lowest BCUT2D eigenvalue weighted by Crippen LogP contribution is -2.17. The molecular formula is C20H15FN2O2S2. The normalized spacial score (nSPS) is 15.5. The minimum atomic E-state index is -0.287. The van der Waals surface area contributed by atoms with Crippen molar-refractivity contribution in [2.75, 3.05) is 6.61 Å². The zero-order chi connectivity index (χ0) is 18.8. The van der Waals surface area contributed by atoms with Crippen molar-refractivity contribution in [1.82, 2.24) is 9.88 Å². The van der Waals surface area contributed by atoms with Gasteiger partial charge in [-0.1, -0.05) is 42.2 Å². The van der Waals surface area contributed by atoms with Crippen molar-refractivity contribution in [2.45, 2.75) is 6.54 Å². The summed E-state index contributed by atoms with van der Waals surface area (Å²) in [6.45, 7) is 1.07. The number of fused-ring (bicyclic) bond motifs is 1. The van der Waals surface area contributed by atoms with Crippen molar-refractivity contribution in [3.05, 3.63) is 71.0 Å². The summed E-state index contributed by atoms with van der Waals surface area (Å²) < 4.78 is 21.2. The van der Waals surface area contributed by atoms with Gasteiger partial charge in [-0.2, -0.15) is 0 Å². The van der Waals surface area contributed by atoms with E-state index in [1.165, 1.54) is 23.9 Å². The van der Waals surface area contributed by atoms with Crippen LogP contribution in [0, 0.1) is 5.82 Å². The van der Waals surface area contributed by atoms with Gasteiger partial charge in [-0.05, 0) is 36.4 Å². The minimum absolute atomic E-state index is 0.165. The molecule has 1 aliphatic rings. The van der Waals surface area contributed by atoms with Crippen LogP contribution in [-0.2, 0) is 11.3 Å². The number of benzene rings is 2. The monoisotopic (exact) mass is 398 g/mol.